The summed E-state index contributed by atoms with van der Waals surface area (Å²) in [5, 5.41) is 3.55. The lowest BCUT2D eigenvalue weighted by molar-refractivity contribution is -0.135. The molecule has 0 saturated carbocycles. The molecule has 0 aliphatic heterocycles. The number of rotatable bonds is 5. The first-order valence-corrected chi connectivity index (χ1v) is 6.79. The van der Waals surface area contributed by atoms with Gasteiger partial charge in [0.2, 0.25) is 11.8 Å². The van der Waals surface area contributed by atoms with Gasteiger partial charge in [-0.15, -0.1) is 0 Å². The number of carbonyl (C=O) groups is 2. The molecule has 0 saturated heterocycles. The van der Waals surface area contributed by atoms with Gasteiger partial charge in [-0.05, 0) is 18.1 Å². The number of carbonyl (C=O) groups excluding carboxylic acids is 2. The summed E-state index contributed by atoms with van der Waals surface area (Å²) in [6.07, 6.45) is 2.30. The Hall–Kier alpha value is -2.34. The first-order chi connectivity index (χ1) is 10.0. The third kappa shape index (κ3) is 3.41. The Morgan fingerprint density at radius 1 is 1.38 bits per heavy atom. The second-order valence-electron chi connectivity index (χ2n) is 5.04. The number of hydrogen-bond donors (Lipinski definition) is 3. The van der Waals surface area contributed by atoms with E-state index in [2.05, 4.69) is 10.3 Å². The molecule has 1 aromatic carbocycles. The van der Waals surface area contributed by atoms with Gasteiger partial charge in [-0.1, -0.05) is 18.2 Å². The standard InChI is InChI=1S/C15H20N4O2/c1-17-14(20)9-19(2)15(21)12(16)7-10-8-18-13-6-4-3-5-11(10)13/h3-6,8,12,18H,7,9,16H2,1-2H3,(H,17,20)/t12-/m0/s1. The Kier molecular flexibility index (Phi) is 4.59. The van der Waals surface area contributed by atoms with E-state index in [1.165, 1.54) is 11.9 Å². The van der Waals surface area contributed by atoms with Gasteiger partial charge in [0.05, 0.1) is 12.6 Å². The molecule has 0 fully saturated rings. The number of aromatic nitrogens is 1. The third-order valence-corrected chi connectivity index (χ3v) is 3.47. The number of benzene rings is 1. The van der Waals surface area contributed by atoms with E-state index in [0.717, 1.165) is 16.5 Å². The maximum Gasteiger partial charge on any atom is 0.240 e. The van der Waals surface area contributed by atoms with E-state index in [9.17, 15) is 9.59 Å². The normalized spacial score (nSPS) is 12.1. The van der Waals surface area contributed by atoms with Gasteiger partial charge in [0.25, 0.3) is 0 Å². The predicted octanol–water partition coefficient (Wildman–Crippen LogP) is 0.242. The number of fused-ring (bicyclic) bond motifs is 1. The first-order valence-electron chi connectivity index (χ1n) is 6.79. The molecule has 6 nitrogen and oxygen atoms in total. The SMILES string of the molecule is CNC(=O)CN(C)C(=O)[C@@H](N)Cc1c[nH]c2ccccc12. The number of likely N-dealkylation sites (N-methyl/N-ethyl adjacent to an activating group) is 2. The summed E-state index contributed by atoms with van der Waals surface area (Å²) in [6.45, 7) is 0.0108. The van der Waals surface area contributed by atoms with E-state index >= 15 is 0 Å². The molecule has 21 heavy (non-hydrogen) atoms. The molecule has 2 aromatic rings. The molecule has 1 heterocycles. The second kappa shape index (κ2) is 6.41. The van der Waals surface area contributed by atoms with Gasteiger partial charge in [0.15, 0.2) is 0 Å². The summed E-state index contributed by atoms with van der Waals surface area (Å²) >= 11 is 0. The number of amides is 2. The van der Waals surface area contributed by atoms with Crippen molar-refractivity contribution in [3.05, 3.63) is 36.0 Å². The fourth-order valence-electron chi connectivity index (χ4n) is 2.28. The molecular weight excluding hydrogens is 268 g/mol. The van der Waals surface area contributed by atoms with Gasteiger partial charge < -0.3 is 20.9 Å². The molecule has 6 heteroatoms. The molecule has 0 spiro atoms. The van der Waals surface area contributed by atoms with Crippen molar-refractivity contribution in [1.29, 1.82) is 0 Å². The molecule has 0 bridgehead atoms. The molecular formula is C15H20N4O2. The van der Waals surface area contributed by atoms with Crippen LogP contribution in [0.3, 0.4) is 0 Å². The number of nitrogens with zero attached hydrogens (tertiary/aromatic N) is 1. The lowest BCUT2D eigenvalue weighted by atomic mass is 10.0. The van der Waals surface area contributed by atoms with Crippen LogP contribution in [0.5, 0.6) is 0 Å². The minimum Gasteiger partial charge on any atom is -0.361 e. The average molecular weight is 288 g/mol. The van der Waals surface area contributed by atoms with E-state index in [0.29, 0.717) is 6.42 Å². The van der Waals surface area contributed by atoms with Crippen molar-refractivity contribution in [2.24, 2.45) is 5.73 Å². The Bertz CT molecular complexity index is 650. The van der Waals surface area contributed by atoms with Crippen LogP contribution >= 0.6 is 0 Å². The van der Waals surface area contributed by atoms with Gasteiger partial charge in [-0.2, -0.15) is 0 Å². The summed E-state index contributed by atoms with van der Waals surface area (Å²) in [5.74, 6) is -0.464. The number of aromatic amines is 1. The summed E-state index contributed by atoms with van der Waals surface area (Å²) in [4.78, 5) is 28.0. The van der Waals surface area contributed by atoms with Crippen molar-refractivity contribution in [3.8, 4) is 0 Å². The lowest BCUT2D eigenvalue weighted by Gasteiger charge is -2.20. The molecule has 0 aliphatic carbocycles. The molecule has 1 aromatic heterocycles. The van der Waals surface area contributed by atoms with Crippen molar-refractivity contribution >= 4 is 22.7 Å². The Balaban J connectivity index is 2.05. The van der Waals surface area contributed by atoms with Crippen LogP contribution in [0.4, 0.5) is 0 Å². The molecule has 0 aliphatic rings. The van der Waals surface area contributed by atoms with Crippen molar-refractivity contribution in [1.82, 2.24) is 15.2 Å². The number of nitrogens with one attached hydrogen (secondary N) is 2. The van der Waals surface area contributed by atoms with Crippen LogP contribution in [0, 0.1) is 0 Å². The monoisotopic (exact) mass is 288 g/mol. The summed E-state index contributed by atoms with van der Waals surface area (Å²) in [7, 11) is 3.11. The zero-order chi connectivity index (χ0) is 15.4. The Labute approximate surface area is 123 Å². The second-order valence-corrected chi connectivity index (χ2v) is 5.04. The van der Waals surface area contributed by atoms with Crippen molar-refractivity contribution < 1.29 is 9.59 Å². The summed E-state index contributed by atoms with van der Waals surface area (Å²) in [6, 6.07) is 7.20. The van der Waals surface area contributed by atoms with E-state index < -0.39 is 6.04 Å². The number of para-hydroxylation sites is 1. The maximum absolute atomic E-state index is 12.2. The molecule has 4 N–H and O–H groups in total. The van der Waals surface area contributed by atoms with Gasteiger partial charge in [0.1, 0.15) is 0 Å². The van der Waals surface area contributed by atoms with Gasteiger partial charge >= 0.3 is 0 Å². The van der Waals surface area contributed by atoms with Crippen LogP contribution in [0.15, 0.2) is 30.5 Å². The topological polar surface area (TPSA) is 91.2 Å². The number of nitrogens with two attached hydrogens (primary N) is 1. The number of hydrogen-bond acceptors (Lipinski definition) is 3. The largest absolute Gasteiger partial charge is 0.361 e. The van der Waals surface area contributed by atoms with E-state index in [1.807, 2.05) is 30.5 Å². The molecule has 0 radical (unpaired) electrons. The fourth-order valence-corrected chi connectivity index (χ4v) is 2.28. The van der Waals surface area contributed by atoms with Gasteiger partial charge in [-0.25, -0.2) is 0 Å². The smallest absolute Gasteiger partial charge is 0.240 e. The molecule has 2 amide bonds. The highest BCUT2D eigenvalue weighted by Gasteiger charge is 2.21. The first kappa shape index (κ1) is 15.1. The lowest BCUT2D eigenvalue weighted by Crippen LogP contribution is -2.46. The zero-order valence-electron chi connectivity index (χ0n) is 12.2. The molecule has 112 valence electrons. The predicted molar refractivity (Wildman–Crippen MR) is 81.7 cm³/mol. The zero-order valence-corrected chi connectivity index (χ0v) is 12.2. The minimum atomic E-state index is -0.668. The fraction of sp³-hybridized carbons (Fsp3) is 0.333. The van der Waals surface area contributed by atoms with E-state index in [4.69, 9.17) is 5.73 Å². The van der Waals surface area contributed by atoms with Gasteiger partial charge in [-0.3, -0.25) is 9.59 Å². The molecule has 1 atom stereocenters. The van der Waals surface area contributed by atoms with Crippen LogP contribution in [0.1, 0.15) is 5.56 Å². The minimum absolute atomic E-state index is 0.0108. The van der Waals surface area contributed by atoms with Gasteiger partial charge in [0, 0.05) is 31.2 Å². The van der Waals surface area contributed by atoms with Crippen LogP contribution in [-0.4, -0.2) is 48.4 Å². The molecule has 0 unspecified atom stereocenters. The Morgan fingerprint density at radius 2 is 2.10 bits per heavy atom. The maximum atomic E-state index is 12.2. The van der Waals surface area contributed by atoms with Crippen molar-refractivity contribution in [3.63, 3.8) is 0 Å². The van der Waals surface area contributed by atoms with E-state index in [1.54, 1.807) is 7.05 Å². The quantitative estimate of drug-likeness (QED) is 0.736. The van der Waals surface area contributed by atoms with Crippen LogP contribution < -0.4 is 11.1 Å². The van der Waals surface area contributed by atoms with Crippen LogP contribution in [0.25, 0.3) is 10.9 Å². The summed E-state index contributed by atoms with van der Waals surface area (Å²) < 4.78 is 0. The highest BCUT2D eigenvalue weighted by atomic mass is 16.2. The third-order valence-electron chi connectivity index (χ3n) is 3.47. The van der Waals surface area contributed by atoms with Crippen molar-refractivity contribution in [2.45, 2.75) is 12.5 Å². The summed E-state index contributed by atoms with van der Waals surface area (Å²) in [5.41, 5.74) is 8.00. The van der Waals surface area contributed by atoms with E-state index in [-0.39, 0.29) is 18.4 Å². The molecule has 2 rings (SSSR count). The Morgan fingerprint density at radius 3 is 2.81 bits per heavy atom. The average Bonchev–Trinajstić information content (AvgIpc) is 2.89. The van der Waals surface area contributed by atoms with Crippen molar-refractivity contribution in [2.75, 3.05) is 20.6 Å². The van der Waals surface area contributed by atoms with Crippen LogP contribution in [-0.2, 0) is 16.0 Å². The van der Waals surface area contributed by atoms with Crippen LogP contribution in [0.2, 0.25) is 0 Å². The highest BCUT2D eigenvalue weighted by molar-refractivity contribution is 5.88. The highest BCUT2D eigenvalue weighted by Crippen LogP contribution is 2.18. The number of H-pyrrole nitrogens is 1.